The Bertz CT molecular complexity index is 660. The number of likely N-dealkylation sites (N-methyl/N-ethyl adjacent to an activating group) is 2. The first-order chi connectivity index (χ1) is 12.4. The van der Waals surface area contributed by atoms with Gasteiger partial charge in [0.15, 0.2) is 0 Å². The van der Waals surface area contributed by atoms with Crippen molar-refractivity contribution in [2.75, 3.05) is 46.2 Å². The largest absolute Gasteiger partial charge is 0.497 e. The minimum absolute atomic E-state index is 0.0705. The number of rotatable bonds is 9. The highest BCUT2D eigenvalue weighted by Gasteiger charge is 2.24. The Labute approximate surface area is 153 Å². The smallest absolute Gasteiger partial charge is 0.243 e. The van der Waals surface area contributed by atoms with Gasteiger partial charge in [-0.05, 0) is 32.0 Å². The molecule has 0 unspecified atom stereocenters. The number of hydrogen-bond donors (Lipinski definition) is 2. The fourth-order valence-electron chi connectivity index (χ4n) is 2.36. The highest BCUT2D eigenvalue weighted by atomic mass is 16.5. The van der Waals surface area contributed by atoms with Crippen molar-refractivity contribution < 1.29 is 19.1 Å². The molecule has 0 heterocycles. The van der Waals surface area contributed by atoms with E-state index in [9.17, 15) is 14.4 Å². The molecule has 1 fully saturated rings. The number of carbonyl (C=O) groups excluding carboxylic acids is 3. The van der Waals surface area contributed by atoms with E-state index in [0.29, 0.717) is 17.5 Å². The second kappa shape index (κ2) is 9.19. The van der Waals surface area contributed by atoms with Gasteiger partial charge in [-0.15, -0.1) is 0 Å². The first-order valence-corrected chi connectivity index (χ1v) is 8.53. The maximum atomic E-state index is 12.2. The zero-order valence-electron chi connectivity index (χ0n) is 15.4. The predicted molar refractivity (Wildman–Crippen MR) is 97.9 cm³/mol. The van der Waals surface area contributed by atoms with Gasteiger partial charge < -0.3 is 20.3 Å². The Balaban J connectivity index is 1.74. The number of carbonyl (C=O) groups is 3. The fraction of sp³-hybridized carbons (Fsp3) is 0.500. The van der Waals surface area contributed by atoms with E-state index >= 15 is 0 Å². The van der Waals surface area contributed by atoms with E-state index in [1.807, 2.05) is 0 Å². The van der Waals surface area contributed by atoms with E-state index in [4.69, 9.17) is 4.74 Å². The van der Waals surface area contributed by atoms with Gasteiger partial charge in [-0.3, -0.25) is 19.3 Å². The molecule has 1 saturated carbocycles. The van der Waals surface area contributed by atoms with Crippen LogP contribution in [0.25, 0.3) is 0 Å². The zero-order valence-corrected chi connectivity index (χ0v) is 15.4. The number of methoxy groups -OCH3 is 1. The van der Waals surface area contributed by atoms with Crippen LogP contribution in [0, 0.1) is 0 Å². The van der Waals surface area contributed by atoms with E-state index in [2.05, 4.69) is 10.6 Å². The summed E-state index contributed by atoms with van der Waals surface area (Å²) in [7, 11) is 4.81. The molecule has 1 aliphatic carbocycles. The van der Waals surface area contributed by atoms with Gasteiger partial charge in [-0.2, -0.15) is 0 Å². The molecule has 0 aromatic heterocycles. The maximum absolute atomic E-state index is 12.2. The van der Waals surface area contributed by atoms with Crippen LogP contribution in [-0.4, -0.2) is 74.4 Å². The lowest BCUT2D eigenvalue weighted by Gasteiger charge is -2.21. The van der Waals surface area contributed by atoms with Crippen LogP contribution in [0.2, 0.25) is 0 Å². The van der Waals surface area contributed by atoms with E-state index in [1.165, 1.54) is 4.90 Å². The van der Waals surface area contributed by atoms with Gasteiger partial charge in [-0.1, -0.05) is 6.07 Å². The van der Waals surface area contributed by atoms with Crippen molar-refractivity contribution in [2.24, 2.45) is 0 Å². The Morgan fingerprint density at radius 3 is 2.50 bits per heavy atom. The molecule has 0 spiro atoms. The van der Waals surface area contributed by atoms with E-state index in [0.717, 1.165) is 12.8 Å². The third-order valence-electron chi connectivity index (χ3n) is 3.92. The maximum Gasteiger partial charge on any atom is 0.243 e. The summed E-state index contributed by atoms with van der Waals surface area (Å²) in [6.07, 6.45) is 2.05. The molecule has 142 valence electrons. The minimum atomic E-state index is -0.303. The molecule has 8 heteroatoms. The normalized spacial score (nSPS) is 13.2. The number of amides is 3. The van der Waals surface area contributed by atoms with Gasteiger partial charge in [0.25, 0.3) is 0 Å². The van der Waals surface area contributed by atoms with Crippen LogP contribution in [0.15, 0.2) is 24.3 Å². The minimum Gasteiger partial charge on any atom is -0.497 e. The van der Waals surface area contributed by atoms with Crippen LogP contribution < -0.4 is 15.4 Å². The first kappa shape index (κ1) is 19.7. The van der Waals surface area contributed by atoms with Crippen LogP contribution in [0.4, 0.5) is 5.69 Å². The molecule has 2 N–H and O–H groups in total. The fourth-order valence-corrected chi connectivity index (χ4v) is 2.36. The lowest BCUT2D eigenvalue weighted by atomic mass is 10.3. The lowest BCUT2D eigenvalue weighted by Crippen LogP contribution is -2.43. The van der Waals surface area contributed by atoms with E-state index in [-0.39, 0.29) is 37.4 Å². The van der Waals surface area contributed by atoms with Gasteiger partial charge in [0.2, 0.25) is 17.7 Å². The Morgan fingerprint density at radius 1 is 1.12 bits per heavy atom. The summed E-state index contributed by atoms with van der Waals surface area (Å²) >= 11 is 0. The summed E-state index contributed by atoms with van der Waals surface area (Å²) in [4.78, 5) is 39.0. The van der Waals surface area contributed by atoms with E-state index in [1.54, 1.807) is 50.4 Å². The molecule has 1 aromatic carbocycles. The summed E-state index contributed by atoms with van der Waals surface area (Å²) in [5.74, 6) is 0.0234. The topological polar surface area (TPSA) is 91.0 Å². The standard InChI is InChI=1S/C18H26N4O4/c1-21(10-16(23)19-13-7-8-13)12-18(25)22(2)11-17(24)20-14-5-4-6-15(9-14)26-3/h4-6,9,13H,7-8,10-12H2,1-3H3,(H,19,23)(H,20,24). The molecule has 0 atom stereocenters. The van der Waals surface area contributed by atoms with Crippen molar-refractivity contribution in [3.63, 3.8) is 0 Å². The van der Waals surface area contributed by atoms with Gasteiger partial charge in [-0.25, -0.2) is 0 Å². The Morgan fingerprint density at radius 2 is 1.85 bits per heavy atom. The molecule has 1 aliphatic rings. The molecule has 26 heavy (non-hydrogen) atoms. The molecule has 0 saturated heterocycles. The van der Waals surface area contributed by atoms with Crippen LogP contribution in [0.3, 0.4) is 0 Å². The quantitative estimate of drug-likeness (QED) is 0.659. The summed E-state index contributed by atoms with van der Waals surface area (Å²) in [6, 6.07) is 7.29. The van der Waals surface area contributed by atoms with Crippen molar-refractivity contribution in [1.82, 2.24) is 15.1 Å². The summed E-state index contributed by atoms with van der Waals surface area (Å²) < 4.78 is 5.10. The molecule has 0 aliphatic heterocycles. The van der Waals surface area contributed by atoms with Crippen molar-refractivity contribution in [3.05, 3.63) is 24.3 Å². The molecule has 2 rings (SSSR count). The average Bonchev–Trinajstić information content (AvgIpc) is 3.38. The summed E-state index contributed by atoms with van der Waals surface area (Å²) in [5, 5.41) is 5.60. The summed E-state index contributed by atoms with van der Waals surface area (Å²) in [5.41, 5.74) is 0.601. The molecule has 8 nitrogen and oxygen atoms in total. The first-order valence-electron chi connectivity index (χ1n) is 8.53. The highest BCUT2D eigenvalue weighted by Crippen LogP contribution is 2.18. The zero-order chi connectivity index (χ0) is 19.1. The van der Waals surface area contributed by atoms with Crippen LogP contribution in [0.1, 0.15) is 12.8 Å². The van der Waals surface area contributed by atoms with Crippen molar-refractivity contribution in [1.29, 1.82) is 0 Å². The molecule has 1 aromatic rings. The van der Waals surface area contributed by atoms with Crippen LogP contribution in [0.5, 0.6) is 5.75 Å². The SMILES string of the molecule is COc1cccc(NC(=O)CN(C)C(=O)CN(C)CC(=O)NC2CC2)c1. The second-order valence-corrected chi connectivity index (χ2v) is 6.54. The van der Waals surface area contributed by atoms with Crippen molar-refractivity contribution in [2.45, 2.75) is 18.9 Å². The predicted octanol–water partition coefficient (Wildman–Crippen LogP) is 0.303. The number of nitrogens with zero attached hydrogens (tertiary/aromatic N) is 2. The summed E-state index contributed by atoms with van der Waals surface area (Å²) in [6.45, 7) is 0.158. The number of anilines is 1. The molecule has 0 bridgehead atoms. The van der Waals surface area contributed by atoms with Gasteiger partial charge in [0.05, 0.1) is 26.7 Å². The molecular weight excluding hydrogens is 336 g/mol. The third kappa shape index (κ3) is 6.72. The highest BCUT2D eigenvalue weighted by molar-refractivity contribution is 5.94. The van der Waals surface area contributed by atoms with Crippen LogP contribution in [-0.2, 0) is 14.4 Å². The van der Waals surface area contributed by atoms with Crippen molar-refractivity contribution in [3.8, 4) is 5.75 Å². The number of hydrogen-bond acceptors (Lipinski definition) is 5. The number of benzene rings is 1. The number of ether oxygens (including phenoxy) is 1. The van der Waals surface area contributed by atoms with Crippen molar-refractivity contribution >= 4 is 23.4 Å². The molecular formula is C18H26N4O4. The molecule has 0 radical (unpaired) electrons. The monoisotopic (exact) mass is 362 g/mol. The van der Waals surface area contributed by atoms with E-state index < -0.39 is 0 Å². The Kier molecular flexibility index (Phi) is 6.97. The molecule has 3 amide bonds. The third-order valence-corrected chi connectivity index (χ3v) is 3.92. The lowest BCUT2D eigenvalue weighted by molar-refractivity contribution is -0.134. The Hall–Kier alpha value is -2.61. The number of nitrogens with one attached hydrogen (secondary N) is 2. The van der Waals surface area contributed by atoms with Gasteiger partial charge >= 0.3 is 0 Å². The van der Waals surface area contributed by atoms with Crippen LogP contribution >= 0.6 is 0 Å². The van der Waals surface area contributed by atoms with Gasteiger partial charge in [0.1, 0.15) is 5.75 Å². The average molecular weight is 362 g/mol. The second-order valence-electron chi connectivity index (χ2n) is 6.54. The van der Waals surface area contributed by atoms with Gasteiger partial charge in [0, 0.05) is 24.8 Å².